The molecule has 1 aromatic rings. The van der Waals surface area contributed by atoms with Crippen molar-refractivity contribution >= 4 is 15.8 Å². The molecular weight excluding hydrogens is 338 g/mol. The molecular formula is C18H29N3O3S. The smallest absolute Gasteiger partial charge is 0.194 e. The van der Waals surface area contributed by atoms with E-state index in [4.69, 9.17) is 4.74 Å². The molecule has 1 heterocycles. The number of hydrogen-bond donors (Lipinski definition) is 1. The van der Waals surface area contributed by atoms with Crippen LogP contribution in [-0.2, 0) is 14.6 Å². The van der Waals surface area contributed by atoms with E-state index in [-0.39, 0.29) is 12.4 Å². The van der Waals surface area contributed by atoms with Gasteiger partial charge in [-0.15, -0.1) is 0 Å². The first-order valence-corrected chi connectivity index (χ1v) is 10.9. The summed E-state index contributed by atoms with van der Waals surface area (Å²) >= 11 is 0. The first-order chi connectivity index (χ1) is 12.0. The highest BCUT2D eigenvalue weighted by Gasteiger charge is 2.25. The molecule has 7 heteroatoms. The van der Waals surface area contributed by atoms with Crippen LogP contribution in [0.5, 0.6) is 0 Å². The molecule has 0 aliphatic carbocycles. The Kier molecular flexibility index (Phi) is 7.71. The van der Waals surface area contributed by atoms with Crippen LogP contribution in [0.25, 0.3) is 0 Å². The lowest BCUT2D eigenvalue weighted by atomic mass is 9.99. The number of rotatable bonds is 8. The average Bonchev–Trinajstić information content (AvgIpc) is 3.07. The zero-order chi connectivity index (χ0) is 18.1. The zero-order valence-corrected chi connectivity index (χ0v) is 16.0. The molecule has 0 radical (unpaired) electrons. The van der Waals surface area contributed by atoms with E-state index in [0.717, 1.165) is 32.0 Å². The predicted molar refractivity (Wildman–Crippen MR) is 102 cm³/mol. The van der Waals surface area contributed by atoms with Crippen molar-refractivity contribution in [2.45, 2.75) is 19.3 Å². The number of ether oxygens (including phenoxy) is 1. The molecule has 0 bridgehead atoms. The maximum Gasteiger partial charge on any atom is 0.194 e. The van der Waals surface area contributed by atoms with E-state index < -0.39 is 9.84 Å². The van der Waals surface area contributed by atoms with Gasteiger partial charge in [-0.1, -0.05) is 30.3 Å². The summed E-state index contributed by atoms with van der Waals surface area (Å²) in [4.78, 5) is 6.90. The lowest BCUT2D eigenvalue weighted by molar-refractivity contribution is 0.157. The van der Waals surface area contributed by atoms with E-state index in [0.29, 0.717) is 19.1 Å². The summed E-state index contributed by atoms with van der Waals surface area (Å²) < 4.78 is 27.5. The molecule has 1 aliphatic rings. The Hall–Kier alpha value is -1.60. The van der Waals surface area contributed by atoms with Gasteiger partial charge in [0.25, 0.3) is 0 Å². The average molecular weight is 368 g/mol. The van der Waals surface area contributed by atoms with Crippen LogP contribution in [0.1, 0.15) is 24.8 Å². The number of sulfone groups is 1. The van der Waals surface area contributed by atoms with Crippen molar-refractivity contribution in [1.82, 2.24) is 10.2 Å². The molecule has 0 amide bonds. The minimum absolute atomic E-state index is 0.0572. The Bertz CT molecular complexity index is 647. The summed E-state index contributed by atoms with van der Waals surface area (Å²) in [5, 5.41) is 3.34. The third-order valence-electron chi connectivity index (χ3n) is 4.19. The quantitative estimate of drug-likeness (QED) is 0.428. The Morgan fingerprint density at radius 2 is 2.08 bits per heavy atom. The van der Waals surface area contributed by atoms with E-state index in [9.17, 15) is 8.42 Å². The standard InChI is InChI=1S/C18H29N3O3S/c1-3-19-18(20-10-12-24-13-14-25(2,22)23)21-11-9-17(15-21)16-7-5-4-6-8-16/h4-8,17H,3,9-15H2,1-2H3,(H,19,20). The van der Waals surface area contributed by atoms with Gasteiger partial charge >= 0.3 is 0 Å². The van der Waals surface area contributed by atoms with Gasteiger partial charge < -0.3 is 15.0 Å². The molecule has 1 aliphatic heterocycles. The molecule has 1 saturated heterocycles. The van der Waals surface area contributed by atoms with Gasteiger partial charge in [0.2, 0.25) is 0 Å². The lowest BCUT2D eigenvalue weighted by Gasteiger charge is -2.21. The minimum atomic E-state index is -2.96. The van der Waals surface area contributed by atoms with E-state index in [1.165, 1.54) is 11.8 Å². The van der Waals surface area contributed by atoms with Crippen molar-refractivity contribution in [2.75, 3.05) is 51.4 Å². The molecule has 1 aromatic carbocycles. The third-order valence-corrected chi connectivity index (χ3v) is 5.10. The highest BCUT2D eigenvalue weighted by Crippen LogP contribution is 2.26. The second-order valence-electron chi connectivity index (χ2n) is 6.32. The molecule has 0 saturated carbocycles. The summed E-state index contributed by atoms with van der Waals surface area (Å²) in [6.07, 6.45) is 2.34. The molecule has 25 heavy (non-hydrogen) atoms. The Labute approximate surface area is 151 Å². The molecule has 1 atom stereocenters. The number of nitrogens with zero attached hydrogens (tertiary/aromatic N) is 2. The molecule has 140 valence electrons. The predicted octanol–water partition coefficient (Wildman–Crippen LogP) is 1.50. The number of aliphatic imine (C=N–C) groups is 1. The molecule has 6 nitrogen and oxygen atoms in total. The monoisotopic (exact) mass is 367 g/mol. The van der Waals surface area contributed by atoms with Crippen molar-refractivity contribution in [1.29, 1.82) is 0 Å². The first-order valence-electron chi connectivity index (χ1n) is 8.83. The summed E-state index contributed by atoms with van der Waals surface area (Å²) in [5.41, 5.74) is 1.38. The number of guanidine groups is 1. The van der Waals surface area contributed by atoms with Crippen molar-refractivity contribution in [3.05, 3.63) is 35.9 Å². The Morgan fingerprint density at radius 1 is 1.32 bits per heavy atom. The van der Waals surface area contributed by atoms with Crippen LogP contribution < -0.4 is 5.32 Å². The molecule has 1 unspecified atom stereocenters. The van der Waals surface area contributed by atoms with Gasteiger partial charge in [-0.2, -0.15) is 0 Å². The number of benzene rings is 1. The van der Waals surface area contributed by atoms with Crippen LogP contribution in [0.2, 0.25) is 0 Å². The summed E-state index contributed by atoms with van der Waals surface area (Å²) in [6, 6.07) is 10.6. The third kappa shape index (κ3) is 7.04. The summed E-state index contributed by atoms with van der Waals surface area (Å²) in [6.45, 7) is 6.01. The number of nitrogens with one attached hydrogen (secondary N) is 1. The maximum absolute atomic E-state index is 11.1. The summed E-state index contributed by atoms with van der Waals surface area (Å²) in [7, 11) is -2.96. The van der Waals surface area contributed by atoms with E-state index in [1.807, 2.05) is 6.07 Å². The van der Waals surface area contributed by atoms with Gasteiger partial charge in [-0.05, 0) is 18.9 Å². The van der Waals surface area contributed by atoms with Crippen molar-refractivity contribution in [3.8, 4) is 0 Å². The van der Waals surface area contributed by atoms with Gasteiger partial charge in [0.15, 0.2) is 5.96 Å². The normalized spacial score (nSPS) is 18.6. The van der Waals surface area contributed by atoms with Crippen molar-refractivity contribution in [2.24, 2.45) is 4.99 Å². The molecule has 1 N–H and O–H groups in total. The summed E-state index contributed by atoms with van der Waals surface area (Å²) in [5.74, 6) is 1.51. The van der Waals surface area contributed by atoms with Crippen LogP contribution in [0.15, 0.2) is 35.3 Å². The van der Waals surface area contributed by atoms with Crippen molar-refractivity contribution in [3.63, 3.8) is 0 Å². The van der Waals surface area contributed by atoms with Crippen molar-refractivity contribution < 1.29 is 13.2 Å². The number of hydrogen-bond acceptors (Lipinski definition) is 4. The first kappa shape index (κ1) is 19.7. The second-order valence-corrected chi connectivity index (χ2v) is 8.58. The number of likely N-dealkylation sites (tertiary alicyclic amines) is 1. The highest BCUT2D eigenvalue weighted by molar-refractivity contribution is 7.90. The Balaban J connectivity index is 1.81. The van der Waals surface area contributed by atoms with Gasteiger partial charge in [-0.25, -0.2) is 8.42 Å². The maximum atomic E-state index is 11.1. The van der Waals surface area contributed by atoms with Gasteiger partial charge in [0, 0.05) is 31.8 Å². The SMILES string of the molecule is CCNC(=NCCOCCS(C)(=O)=O)N1CCC(c2ccccc2)C1. The molecule has 0 aromatic heterocycles. The van der Waals surface area contributed by atoms with Crippen LogP contribution in [-0.4, -0.2) is 70.7 Å². The fourth-order valence-electron chi connectivity index (χ4n) is 2.90. The minimum Gasteiger partial charge on any atom is -0.378 e. The van der Waals surface area contributed by atoms with Gasteiger partial charge in [0.05, 0.1) is 25.5 Å². The van der Waals surface area contributed by atoms with Crippen LogP contribution in [0.4, 0.5) is 0 Å². The molecule has 0 spiro atoms. The molecule has 2 rings (SSSR count). The van der Waals surface area contributed by atoms with Gasteiger partial charge in [0.1, 0.15) is 9.84 Å². The van der Waals surface area contributed by atoms with Crippen LogP contribution in [0, 0.1) is 0 Å². The van der Waals surface area contributed by atoms with E-state index >= 15 is 0 Å². The second kappa shape index (κ2) is 9.77. The highest BCUT2D eigenvalue weighted by atomic mass is 32.2. The largest absolute Gasteiger partial charge is 0.378 e. The molecule has 1 fully saturated rings. The van der Waals surface area contributed by atoms with E-state index in [2.05, 4.69) is 46.4 Å². The zero-order valence-electron chi connectivity index (χ0n) is 15.1. The van der Waals surface area contributed by atoms with E-state index in [1.54, 1.807) is 0 Å². The van der Waals surface area contributed by atoms with Crippen LogP contribution in [0.3, 0.4) is 0 Å². The fourth-order valence-corrected chi connectivity index (χ4v) is 3.32. The fraction of sp³-hybridized carbons (Fsp3) is 0.611. The lowest BCUT2D eigenvalue weighted by Crippen LogP contribution is -2.40. The van der Waals surface area contributed by atoms with Crippen LogP contribution >= 0.6 is 0 Å². The van der Waals surface area contributed by atoms with Gasteiger partial charge in [-0.3, -0.25) is 4.99 Å². The Morgan fingerprint density at radius 3 is 2.76 bits per heavy atom. The topological polar surface area (TPSA) is 71.0 Å².